The molecule has 104 valence electrons. The van der Waals surface area contributed by atoms with E-state index in [-0.39, 0.29) is 0 Å². The minimum Gasteiger partial charge on any atom is -0.508 e. The van der Waals surface area contributed by atoms with Crippen molar-refractivity contribution in [3.05, 3.63) is 30.0 Å². The standard InChI is InChI=1S/C10H12N2O.C4H10N2/c11-4-3-7-6-12-10-2-1-8(13)5-9(7)10;1-2-6-4-3-5-1/h1-2,5-6,12-13H,3-4,11H2;5-6H,1-4H2. The van der Waals surface area contributed by atoms with Gasteiger partial charge in [-0.15, -0.1) is 0 Å². The molecular formula is C14H22N4O. The Balaban J connectivity index is 0.000000186. The fraction of sp³-hybridized carbons (Fsp3) is 0.429. The van der Waals surface area contributed by atoms with E-state index in [4.69, 9.17) is 5.73 Å². The number of fused-ring (bicyclic) bond motifs is 1. The van der Waals surface area contributed by atoms with Crippen molar-refractivity contribution in [2.75, 3.05) is 32.7 Å². The van der Waals surface area contributed by atoms with Crippen molar-refractivity contribution < 1.29 is 5.11 Å². The number of nitrogens with two attached hydrogens (primary N) is 1. The Kier molecular flexibility index (Phi) is 5.20. The molecule has 0 radical (unpaired) electrons. The quantitative estimate of drug-likeness (QED) is 0.547. The van der Waals surface area contributed by atoms with Gasteiger partial charge in [-0.2, -0.15) is 0 Å². The van der Waals surface area contributed by atoms with E-state index >= 15 is 0 Å². The van der Waals surface area contributed by atoms with Crippen molar-refractivity contribution >= 4 is 10.9 Å². The van der Waals surface area contributed by atoms with E-state index in [2.05, 4.69) is 15.6 Å². The molecule has 0 saturated carbocycles. The number of rotatable bonds is 2. The van der Waals surface area contributed by atoms with Crippen molar-refractivity contribution in [3.8, 4) is 5.75 Å². The monoisotopic (exact) mass is 262 g/mol. The number of phenolic OH excluding ortho intramolecular Hbond substituents is 1. The lowest BCUT2D eigenvalue weighted by Gasteiger charge is -2.11. The van der Waals surface area contributed by atoms with Crippen LogP contribution in [0, 0.1) is 0 Å². The zero-order valence-electron chi connectivity index (χ0n) is 11.1. The fourth-order valence-electron chi connectivity index (χ4n) is 2.13. The summed E-state index contributed by atoms with van der Waals surface area (Å²) < 4.78 is 0. The Labute approximate surface area is 113 Å². The van der Waals surface area contributed by atoms with Crippen molar-refractivity contribution in [2.24, 2.45) is 5.73 Å². The van der Waals surface area contributed by atoms with E-state index in [0.717, 1.165) is 49.1 Å². The first-order chi connectivity index (χ1) is 9.31. The van der Waals surface area contributed by atoms with Crippen LogP contribution < -0.4 is 16.4 Å². The summed E-state index contributed by atoms with van der Waals surface area (Å²) in [6, 6.07) is 5.30. The molecule has 1 saturated heterocycles. The van der Waals surface area contributed by atoms with Crippen molar-refractivity contribution in [3.63, 3.8) is 0 Å². The van der Waals surface area contributed by atoms with Gasteiger partial charge in [0.25, 0.3) is 0 Å². The maximum absolute atomic E-state index is 9.30. The predicted molar refractivity (Wildman–Crippen MR) is 78.5 cm³/mol. The summed E-state index contributed by atoms with van der Waals surface area (Å²) >= 11 is 0. The van der Waals surface area contributed by atoms with Crippen molar-refractivity contribution in [2.45, 2.75) is 6.42 Å². The van der Waals surface area contributed by atoms with Crippen LogP contribution in [-0.2, 0) is 6.42 Å². The number of benzene rings is 1. The molecule has 2 heterocycles. The topological polar surface area (TPSA) is 86.1 Å². The third-order valence-corrected chi connectivity index (χ3v) is 3.12. The summed E-state index contributed by atoms with van der Waals surface area (Å²) in [7, 11) is 0. The van der Waals surface area contributed by atoms with Gasteiger partial charge in [-0.05, 0) is 36.7 Å². The second-order valence-electron chi connectivity index (χ2n) is 4.58. The average Bonchev–Trinajstić information content (AvgIpc) is 2.85. The SMILES string of the molecule is C1CNCCN1.NCCc1c[nH]c2ccc(O)cc12. The maximum Gasteiger partial charge on any atom is 0.116 e. The average molecular weight is 262 g/mol. The normalized spacial score (nSPS) is 15.0. The summed E-state index contributed by atoms with van der Waals surface area (Å²) in [5.74, 6) is 0.297. The number of aromatic amines is 1. The summed E-state index contributed by atoms with van der Waals surface area (Å²) in [5.41, 5.74) is 7.68. The van der Waals surface area contributed by atoms with Crippen molar-refractivity contribution in [1.82, 2.24) is 15.6 Å². The van der Waals surface area contributed by atoms with E-state index in [0.29, 0.717) is 12.3 Å². The molecule has 0 bridgehead atoms. The van der Waals surface area contributed by atoms with E-state index in [1.807, 2.05) is 12.3 Å². The molecular weight excluding hydrogens is 240 g/mol. The molecule has 1 fully saturated rings. The Morgan fingerprint density at radius 1 is 1.11 bits per heavy atom. The van der Waals surface area contributed by atoms with Gasteiger partial charge in [0.15, 0.2) is 0 Å². The summed E-state index contributed by atoms with van der Waals surface area (Å²) in [5, 5.41) is 16.8. The van der Waals surface area contributed by atoms with E-state index < -0.39 is 0 Å². The van der Waals surface area contributed by atoms with Gasteiger partial charge in [-0.25, -0.2) is 0 Å². The highest BCUT2D eigenvalue weighted by Gasteiger charge is 2.02. The summed E-state index contributed by atoms with van der Waals surface area (Å²) in [6.07, 6.45) is 2.78. The number of phenols is 1. The summed E-state index contributed by atoms with van der Waals surface area (Å²) in [6.45, 7) is 5.18. The lowest BCUT2D eigenvalue weighted by molar-refractivity contribution is 0.476. The number of hydrogen-bond acceptors (Lipinski definition) is 4. The van der Waals surface area contributed by atoms with Gasteiger partial charge in [0.2, 0.25) is 0 Å². The molecule has 0 unspecified atom stereocenters. The molecule has 5 heteroatoms. The van der Waals surface area contributed by atoms with E-state index in [9.17, 15) is 5.11 Å². The Hall–Kier alpha value is -1.56. The first-order valence-electron chi connectivity index (χ1n) is 6.72. The van der Waals surface area contributed by atoms with Crippen LogP contribution in [0.4, 0.5) is 0 Å². The Morgan fingerprint density at radius 3 is 2.37 bits per heavy atom. The minimum absolute atomic E-state index is 0.297. The molecule has 1 aromatic carbocycles. The number of aromatic hydroxyl groups is 1. The van der Waals surface area contributed by atoms with Crippen molar-refractivity contribution in [1.29, 1.82) is 0 Å². The molecule has 0 amide bonds. The molecule has 5 nitrogen and oxygen atoms in total. The molecule has 0 atom stereocenters. The molecule has 0 spiro atoms. The maximum atomic E-state index is 9.30. The van der Waals surface area contributed by atoms with Crippen LogP contribution in [0.5, 0.6) is 5.75 Å². The zero-order chi connectivity index (χ0) is 13.5. The van der Waals surface area contributed by atoms with Gasteiger partial charge in [0, 0.05) is 43.3 Å². The highest BCUT2D eigenvalue weighted by Crippen LogP contribution is 2.22. The number of aromatic nitrogens is 1. The van der Waals surface area contributed by atoms with Crippen LogP contribution in [0.25, 0.3) is 10.9 Å². The van der Waals surface area contributed by atoms with Gasteiger partial charge in [-0.1, -0.05) is 0 Å². The molecule has 3 rings (SSSR count). The molecule has 2 aromatic rings. The smallest absolute Gasteiger partial charge is 0.116 e. The van der Waals surface area contributed by atoms with Gasteiger partial charge in [-0.3, -0.25) is 0 Å². The van der Waals surface area contributed by atoms with Gasteiger partial charge < -0.3 is 26.5 Å². The molecule has 0 aliphatic carbocycles. The Morgan fingerprint density at radius 2 is 1.79 bits per heavy atom. The molecule has 1 aromatic heterocycles. The summed E-state index contributed by atoms with van der Waals surface area (Å²) in [4.78, 5) is 3.13. The first-order valence-corrected chi connectivity index (χ1v) is 6.72. The fourth-order valence-corrected chi connectivity index (χ4v) is 2.13. The van der Waals surface area contributed by atoms with Gasteiger partial charge in [0.1, 0.15) is 5.75 Å². The molecule has 19 heavy (non-hydrogen) atoms. The van der Waals surface area contributed by atoms with Gasteiger partial charge >= 0.3 is 0 Å². The zero-order valence-corrected chi connectivity index (χ0v) is 11.1. The van der Waals surface area contributed by atoms with Crippen LogP contribution in [0.2, 0.25) is 0 Å². The lowest BCUT2D eigenvalue weighted by Crippen LogP contribution is -2.39. The van der Waals surface area contributed by atoms with Crippen LogP contribution in [0.15, 0.2) is 24.4 Å². The third kappa shape index (κ3) is 3.96. The number of hydrogen-bond donors (Lipinski definition) is 5. The number of H-pyrrole nitrogens is 1. The van der Waals surface area contributed by atoms with E-state index in [1.165, 1.54) is 0 Å². The first kappa shape index (κ1) is 13.9. The second kappa shape index (κ2) is 7.13. The van der Waals surface area contributed by atoms with Gasteiger partial charge in [0.05, 0.1) is 0 Å². The lowest BCUT2D eigenvalue weighted by atomic mass is 10.1. The Bertz CT molecular complexity index is 494. The predicted octanol–water partition coefficient (Wildman–Crippen LogP) is 0.554. The number of piperazine rings is 1. The van der Waals surface area contributed by atoms with Crippen LogP contribution in [0.3, 0.4) is 0 Å². The van der Waals surface area contributed by atoms with Crippen LogP contribution in [-0.4, -0.2) is 42.8 Å². The number of nitrogens with one attached hydrogen (secondary N) is 3. The molecule has 1 aliphatic rings. The minimum atomic E-state index is 0.297. The van der Waals surface area contributed by atoms with E-state index in [1.54, 1.807) is 12.1 Å². The molecule has 6 N–H and O–H groups in total. The van der Waals surface area contributed by atoms with Crippen LogP contribution >= 0.6 is 0 Å². The third-order valence-electron chi connectivity index (χ3n) is 3.12. The largest absolute Gasteiger partial charge is 0.508 e. The van der Waals surface area contributed by atoms with Crippen LogP contribution in [0.1, 0.15) is 5.56 Å². The highest BCUT2D eigenvalue weighted by atomic mass is 16.3. The second-order valence-corrected chi connectivity index (χ2v) is 4.58. The highest BCUT2D eigenvalue weighted by molar-refractivity contribution is 5.84. The molecule has 1 aliphatic heterocycles.